The Kier molecular flexibility index (Phi) is 2.59. The van der Waals surface area contributed by atoms with E-state index in [1.165, 1.54) is 0 Å². The van der Waals surface area contributed by atoms with Crippen molar-refractivity contribution < 1.29 is 14.6 Å². The van der Waals surface area contributed by atoms with Crippen LogP contribution in [0.2, 0.25) is 0 Å². The zero-order chi connectivity index (χ0) is 9.10. The van der Waals surface area contributed by atoms with Gasteiger partial charge in [0.1, 0.15) is 19.0 Å². The van der Waals surface area contributed by atoms with Crippen LogP contribution in [0.4, 0.5) is 0 Å². The van der Waals surface area contributed by atoms with Crippen molar-refractivity contribution >= 4 is 0 Å². The van der Waals surface area contributed by atoms with Crippen molar-refractivity contribution in [3.05, 3.63) is 35.9 Å². The van der Waals surface area contributed by atoms with Crippen LogP contribution < -0.4 is 0 Å². The first kappa shape index (κ1) is 8.69. The number of aliphatic hydroxyl groups is 1. The third kappa shape index (κ3) is 1.72. The second-order valence-corrected chi connectivity index (χ2v) is 3.00. The van der Waals surface area contributed by atoms with Gasteiger partial charge in [0.2, 0.25) is 0 Å². The molecule has 3 heteroatoms. The third-order valence-corrected chi connectivity index (χ3v) is 2.18. The fourth-order valence-corrected chi connectivity index (χ4v) is 1.50. The smallest absolute Gasteiger partial charge is 0.148 e. The van der Waals surface area contributed by atoms with Crippen LogP contribution in [0.3, 0.4) is 0 Å². The molecule has 3 nitrogen and oxygen atoms in total. The molecule has 0 bridgehead atoms. The summed E-state index contributed by atoms with van der Waals surface area (Å²) in [6, 6.07) is 9.80. The Bertz CT molecular complexity index is 260. The van der Waals surface area contributed by atoms with Crippen LogP contribution in [0.15, 0.2) is 30.3 Å². The van der Waals surface area contributed by atoms with Crippen LogP contribution >= 0.6 is 0 Å². The topological polar surface area (TPSA) is 38.7 Å². The molecule has 1 aromatic rings. The average Bonchev–Trinajstić information content (AvgIpc) is 2.67. The van der Waals surface area contributed by atoms with Crippen LogP contribution in [0.25, 0.3) is 0 Å². The van der Waals surface area contributed by atoms with E-state index in [1.807, 2.05) is 30.3 Å². The zero-order valence-electron chi connectivity index (χ0n) is 7.22. The molecule has 70 valence electrons. The molecule has 0 radical (unpaired) electrons. The van der Waals surface area contributed by atoms with Gasteiger partial charge in [-0.25, -0.2) is 0 Å². The standard InChI is InChI=1S/C10H12O3/c11-6-9-10(13-7-12-9)8-4-2-1-3-5-8/h1-5,9-11H,6-7H2/t9-,10-/m0/s1. The number of rotatable bonds is 2. The van der Waals surface area contributed by atoms with Gasteiger partial charge in [0.05, 0.1) is 6.61 Å². The monoisotopic (exact) mass is 180 g/mol. The minimum absolute atomic E-state index is 0.000436. The van der Waals surface area contributed by atoms with Crippen molar-refractivity contribution in [2.45, 2.75) is 12.2 Å². The highest BCUT2D eigenvalue weighted by atomic mass is 16.7. The summed E-state index contributed by atoms with van der Waals surface area (Å²) in [5.41, 5.74) is 1.05. The third-order valence-electron chi connectivity index (χ3n) is 2.18. The predicted molar refractivity (Wildman–Crippen MR) is 47.1 cm³/mol. The quantitative estimate of drug-likeness (QED) is 0.740. The van der Waals surface area contributed by atoms with Crippen LogP contribution in [-0.4, -0.2) is 24.6 Å². The van der Waals surface area contributed by atoms with Gasteiger partial charge < -0.3 is 14.6 Å². The largest absolute Gasteiger partial charge is 0.394 e. The maximum Gasteiger partial charge on any atom is 0.148 e. The molecule has 0 spiro atoms. The normalized spacial score (nSPS) is 27.8. The molecule has 1 aromatic carbocycles. The first-order chi connectivity index (χ1) is 6.42. The molecule has 2 rings (SSSR count). The van der Waals surface area contributed by atoms with E-state index >= 15 is 0 Å². The molecule has 0 aliphatic carbocycles. The maximum atomic E-state index is 8.99. The molecule has 1 fully saturated rings. The SMILES string of the molecule is OC[C@@H]1OCO[C@H]1c1ccccc1. The molecule has 0 unspecified atom stereocenters. The Hall–Kier alpha value is -0.900. The number of hydrogen-bond acceptors (Lipinski definition) is 3. The number of ether oxygens (including phenoxy) is 2. The highest BCUT2D eigenvalue weighted by Gasteiger charge is 2.29. The van der Waals surface area contributed by atoms with Gasteiger partial charge in [-0.15, -0.1) is 0 Å². The molecule has 1 aliphatic heterocycles. The number of hydrogen-bond donors (Lipinski definition) is 1. The first-order valence-electron chi connectivity index (χ1n) is 4.31. The van der Waals surface area contributed by atoms with Crippen molar-refractivity contribution in [3.8, 4) is 0 Å². The highest BCUT2D eigenvalue weighted by Crippen LogP contribution is 2.27. The van der Waals surface area contributed by atoms with Crippen LogP contribution in [0, 0.1) is 0 Å². The van der Waals surface area contributed by atoms with E-state index in [-0.39, 0.29) is 25.6 Å². The summed E-state index contributed by atoms with van der Waals surface area (Å²) < 4.78 is 10.6. The van der Waals surface area contributed by atoms with E-state index < -0.39 is 0 Å². The Balaban J connectivity index is 2.16. The average molecular weight is 180 g/mol. The van der Waals surface area contributed by atoms with Crippen molar-refractivity contribution in [3.63, 3.8) is 0 Å². The predicted octanol–water partition coefficient (Wildman–Crippen LogP) is 1.09. The maximum absolute atomic E-state index is 8.99. The Labute approximate surface area is 76.9 Å². The Morgan fingerprint density at radius 1 is 1.23 bits per heavy atom. The molecule has 0 saturated carbocycles. The molecular formula is C10H12O3. The Morgan fingerprint density at radius 2 is 2.00 bits per heavy atom. The first-order valence-corrected chi connectivity index (χ1v) is 4.31. The molecule has 2 atom stereocenters. The minimum atomic E-state index is -0.220. The summed E-state index contributed by atoms with van der Waals surface area (Å²) in [7, 11) is 0. The summed E-state index contributed by atoms with van der Waals surface area (Å²) >= 11 is 0. The van der Waals surface area contributed by atoms with Crippen molar-refractivity contribution in [1.29, 1.82) is 0 Å². The van der Waals surface area contributed by atoms with Crippen LogP contribution in [-0.2, 0) is 9.47 Å². The van der Waals surface area contributed by atoms with Gasteiger partial charge in [-0.3, -0.25) is 0 Å². The molecule has 1 N–H and O–H groups in total. The molecule has 13 heavy (non-hydrogen) atoms. The van der Waals surface area contributed by atoms with Crippen molar-refractivity contribution in [2.75, 3.05) is 13.4 Å². The summed E-state index contributed by atoms with van der Waals surface area (Å²) in [6.45, 7) is 0.268. The fourth-order valence-electron chi connectivity index (χ4n) is 1.50. The van der Waals surface area contributed by atoms with E-state index in [9.17, 15) is 0 Å². The molecule has 1 saturated heterocycles. The second kappa shape index (κ2) is 3.87. The van der Waals surface area contributed by atoms with E-state index in [0.717, 1.165) is 5.56 Å². The molecule has 1 heterocycles. The Morgan fingerprint density at radius 3 is 2.69 bits per heavy atom. The lowest BCUT2D eigenvalue weighted by atomic mass is 10.1. The van der Waals surface area contributed by atoms with Gasteiger partial charge >= 0.3 is 0 Å². The molecular weight excluding hydrogens is 168 g/mol. The summed E-state index contributed by atoms with van der Waals surface area (Å²) in [5.74, 6) is 0. The summed E-state index contributed by atoms with van der Waals surface area (Å²) in [6.07, 6.45) is -0.339. The highest BCUT2D eigenvalue weighted by molar-refractivity contribution is 5.19. The second-order valence-electron chi connectivity index (χ2n) is 3.00. The van der Waals surface area contributed by atoms with Crippen LogP contribution in [0.1, 0.15) is 11.7 Å². The van der Waals surface area contributed by atoms with Crippen LogP contribution in [0.5, 0.6) is 0 Å². The molecule has 0 aromatic heterocycles. The van der Waals surface area contributed by atoms with Gasteiger partial charge in [0.25, 0.3) is 0 Å². The van der Waals surface area contributed by atoms with Crippen molar-refractivity contribution in [1.82, 2.24) is 0 Å². The van der Waals surface area contributed by atoms with E-state index in [4.69, 9.17) is 14.6 Å². The van der Waals surface area contributed by atoms with Gasteiger partial charge in [0.15, 0.2) is 0 Å². The minimum Gasteiger partial charge on any atom is -0.394 e. The van der Waals surface area contributed by atoms with E-state index in [2.05, 4.69) is 0 Å². The van der Waals surface area contributed by atoms with Gasteiger partial charge in [0, 0.05) is 0 Å². The van der Waals surface area contributed by atoms with Gasteiger partial charge in [-0.2, -0.15) is 0 Å². The lowest BCUT2D eigenvalue weighted by Crippen LogP contribution is -2.19. The molecule has 1 aliphatic rings. The summed E-state index contributed by atoms with van der Waals surface area (Å²) in [4.78, 5) is 0. The summed E-state index contributed by atoms with van der Waals surface area (Å²) in [5, 5.41) is 8.99. The van der Waals surface area contributed by atoms with Crippen molar-refractivity contribution in [2.24, 2.45) is 0 Å². The zero-order valence-corrected chi connectivity index (χ0v) is 7.22. The lowest BCUT2D eigenvalue weighted by Gasteiger charge is -2.14. The van der Waals surface area contributed by atoms with Gasteiger partial charge in [-0.05, 0) is 5.56 Å². The number of benzene rings is 1. The lowest BCUT2D eigenvalue weighted by molar-refractivity contribution is 0.0267. The van der Waals surface area contributed by atoms with Gasteiger partial charge in [-0.1, -0.05) is 30.3 Å². The van der Waals surface area contributed by atoms with E-state index in [0.29, 0.717) is 0 Å². The van der Waals surface area contributed by atoms with E-state index in [1.54, 1.807) is 0 Å². The fraction of sp³-hybridized carbons (Fsp3) is 0.400. The molecule has 0 amide bonds. The number of aliphatic hydroxyl groups excluding tert-OH is 1.